The van der Waals surface area contributed by atoms with Crippen LogP contribution < -0.4 is 10.6 Å². The van der Waals surface area contributed by atoms with Crippen LogP contribution in [0.3, 0.4) is 0 Å². The van der Waals surface area contributed by atoms with Gasteiger partial charge in [0.25, 0.3) is 0 Å². The van der Waals surface area contributed by atoms with Gasteiger partial charge >= 0.3 is 5.97 Å². The molecule has 6 heteroatoms. The molecule has 0 saturated carbocycles. The van der Waals surface area contributed by atoms with Gasteiger partial charge in [-0.25, -0.2) is 9.97 Å². The number of rotatable bonds is 2. The maximum absolute atomic E-state index is 11.4. The molecule has 1 fully saturated rings. The average Bonchev–Trinajstić information content (AvgIpc) is 2.39. The third-order valence-electron chi connectivity index (χ3n) is 3.01. The number of methoxy groups -OCH3 is 1. The molecule has 1 aromatic heterocycles. The van der Waals surface area contributed by atoms with Crippen LogP contribution in [0.2, 0.25) is 0 Å². The second-order valence-corrected chi connectivity index (χ2v) is 4.08. The van der Waals surface area contributed by atoms with Crippen LogP contribution in [0, 0.1) is 5.92 Å². The first kappa shape index (κ1) is 11.6. The first-order chi connectivity index (χ1) is 8.20. The third-order valence-corrected chi connectivity index (χ3v) is 3.01. The number of carbonyl (C=O) groups is 1. The summed E-state index contributed by atoms with van der Waals surface area (Å²) < 4.78 is 4.74. The summed E-state index contributed by atoms with van der Waals surface area (Å²) in [5.74, 6) is 1.12. The van der Waals surface area contributed by atoms with Crippen LogP contribution in [-0.2, 0) is 9.53 Å². The summed E-state index contributed by atoms with van der Waals surface area (Å²) in [6.45, 7) is 1.58. The Morgan fingerprint density at radius 1 is 1.41 bits per heavy atom. The van der Waals surface area contributed by atoms with E-state index in [2.05, 4.69) is 14.9 Å². The Bertz CT molecular complexity index is 385. The Balaban J connectivity index is 1.95. The molecule has 6 nitrogen and oxygen atoms in total. The maximum atomic E-state index is 11.4. The van der Waals surface area contributed by atoms with Crippen LogP contribution in [0.15, 0.2) is 12.4 Å². The number of aromatic nitrogens is 2. The summed E-state index contributed by atoms with van der Waals surface area (Å²) in [6.07, 6.45) is 4.78. The second kappa shape index (κ2) is 4.99. The molecule has 2 heterocycles. The number of nitrogen functional groups attached to an aromatic ring is 1. The van der Waals surface area contributed by atoms with Gasteiger partial charge in [0.1, 0.15) is 11.6 Å². The van der Waals surface area contributed by atoms with Gasteiger partial charge in [0.15, 0.2) is 0 Å². The molecule has 0 unspecified atom stereocenters. The van der Waals surface area contributed by atoms with Crippen molar-refractivity contribution < 1.29 is 9.53 Å². The van der Waals surface area contributed by atoms with Gasteiger partial charge < -0.3 is 15.4 Å². The molecule has 0 atom stereocenters. The van der Waals surface area contributed by atoms with E-state index in [-0.39, 0.29) is 11.9 Å². The van der Waals surface area contributed by atoms with E-state index in [1.165, 1.54) is 7.11 Å². The minimum atomic E-state index is -0.118. The topological polar surface area (TPSA) is 81.3 Å². The first-order valence-electron chi connectivity index (χ1n) is 5.61. The molecule has 0 bridgehead atoms. The van der Waals surface area contributed by atoms with E-state index in [9.17, 15) is 4.79 Å². The van der Waals surface area contributed by atoms with E-state index in [0.717, 1.165) is 31.7 Å². The second-order valence-electron chi connectivity index (χ2n) is 4.08. The summed E-state index contributed by atoms with van der Waals surface area (Å²) >= 11 is 0. The molecule has 0 aliphatic carbocycles. The molecule has 0 radical (unpaired) electrons. The molecule has 1 aliphatic heterocycles. The highest BCUT2D eigenvalue weighted by Crippen LogP contribution is 2.22. The number of nitrogens with two attached hydrogens (primary N) is 1. The SMILES string of the molecule is COC(=O)C1CCN(c2cnc(N)cn2)CC1. The van der Waals surface area contributed by atoms with Gasteiger partial charge in [0, 0.05) is 13.1 Å². The highest BCUT2D eigenvalue weighted by atomic mass is 16.5. The highest BCUT2D eigenvalue weighted by molar-refractivity contribution is 5.72. The quantitative estimate of drug-likeness (QED) is 0.751. The van der Waals surface area contributed by atoms with Crippen molar-refractivity contribution in [3.05, 3.63) is 12.4 Å². The normalized spacial score (nSPS) is 16.9. The van der Waals surface area contributed by atoms with Crippen LogP contribution in [0.25, 0.3) is 0 Å². The Morgan fingerprint density at radius 2 is 2.12 bits per heavy atom. The molecule has 0 aromatic carbocycles. The molecule has 0 spiro atoms. The monoisotopic (exact) mass is 236 g/mol. The summed E-state index contributed by atoms with van der Waals surface area (Å²) in [4.78, 5) is 21.7. The number of hydrogen-bond acceptors (Lipinski definition) is 6. The van der Waals surface area contributed by atoms with Gasteiger partial charge in [-0.05, 0) is 12.8 Å². The molecule has 17 heavy (non-hydrogen) atoms. The zero-order valence-corrected chi connectivity index (χ0v) is 9.80. The van der Waals surface area contributed by atoms with E-state index < -0.39 is 0 Å². The number of piperidine rings is 1. The minimum Gasteiger partial charge on any atom is -0.469 e. The van der Waals surface area contributed by atoms with E-state index in [4.69, 9.17) is 10.5 Å². The van der Waals surface area contributed by atoms with Crippen molar-refractivity contribution in [3.8, 4) is 0 Å². The lowest BCUT2D eigenvalue weighted by molar-refractivity contribution is -0.146. The van der Waals surface area contributed by atoms with Crippen molar-refractivity contribution in [3.63, 3.8) is 0 Å². The standard InChI is InChI=1S/C11H16N4O2/c1-17-11(16)8-2-4-15(5-3-8)10-7-13-9(12)6-14-10/h6-8H,2-5H2,1H3,(H2,12,13). The number of carbonyl (C=O) groups excluding carboxylic acids is 1. The highest BCUT2D eigenvalue weighted by Gasteiger charge is 2.26. The van der Waals surface area contributed by atoms with Gasteiger partial charge in [-0.2, -0.15) is 0 Å². The Kier molecular flexibility index (Phi) is 3.41. The lowest BCUT2D eigenvalue weighted by atomic mass is 9.97. The Hall–Kier alpha value is -1.85. The Morgan fingerprint density at radius 3 is 2.65 bits per heavy atom. The van der Waals surface area contributed by atoms with E-state index >= 15 is 0 Å². The van der Waals surface area contributed by atoms with Crippen molar-refractivity contribution in [2.75, 3.05) is 30.8 Å². The maximum Gasteiger partial charge on any atom is 0.308 e. The minimum absolute atomic E-state index is 0.0120. The molecule has 1 aromatic rings. The molecule has 1 saturated heterocycles. The van der Waals surface area contributed by atoms with Crippen molar-refractivity contribution in [1.29, 1.82) is 0 Å². The fourth-order valence-corrected chi connectivity index (χ4v) is 2.01. The van der Waals surface area contributed by atoms with Crippen molar-refractivity contribution in [1.82, 2.24) is 9.97 Å². The van der Waals surface area contributed by atoms with Gasteiger partial charge in [-0.15, -0.1) is 0 Å². The predicted molar refractivity (Wildman–Crippen MR) is 63.4 cm³/mol. The summed E-state index contributed by atoms with van der Waals surface area (Å²) in [7, 11) is 1.43. The smallest absolute Gasteiger partial charge is 0.308 e. The summed E-state index contributed by atoms with van der Waals surface area (Å²) in [6, 6.07) is 0. The van der Waals surface area contributed by atoms with E-state index in [1.807, 2.05) is 0 Å². The van der Waals surface area contributed by atoms with Gasteiger partial charge in [0.2, 0.25) is 0 Å². The number of anilines is 2. The van der Waals surface area contributed by atoms with Crippen LogP contribution in [0.5, 0.6) is 0 Å². The largest absolute Gasteiger partial charge is 0.469 e. The average molecular weight is 236 g/mol. The fourth-order valence-electron chi connectivity index (χ4n) is 2.01. The van der Waals surface area contributed by atoms with Crippen LogP contribution >= 0.6 is 0 Å². The van der Waals surface area contributed by atoms with E-state index in [1.54, 1.807) is 12.4 Å². The zero-order valence-electron chi connectivity index (χ0n) is 9.80. The number of hydrogen-bond donors (Lipinski definition) is 1. The van der Waals surface area contributed by atoms with E-state index in [0.29, 0.717) is 5.82 Å². The molecular weight excluding hydrogens is 220 g/mol. The Labute approximate surface area is 99.8 Å². The van der Waals surface area contributed by atoms with Gasteiger partial charge in [-0.3, -0.25) is 4.79 Å². The predicted octanol–water partition coefficient (Wildman–Crippen LogP) is 0.448. The lowest BCUT2D eigenvalue weighted by Crippen LogP contribution is -2.37. The molecule has 0 amide bonds. The van der Waals surface area contributed by atoms with Crippen LogP contribution in [0.4, 0.5) is 11.6 Å². The zero-order chi connectivity index (χ0) is 12.3. The third kappa shape index (κ3) is 2.64. The van der Waals surface area contributed by atoms with Gasteiger partial charge in [0.05, 0.1) is 25.4 Å². The van der Waals surface area contributed by atoms with Crippen LogP contribution in [0.1, 0.15) is 12.8 Å². The number of nitrogens with zero attached hydrogens (tertiary/aromatic N) is 3. The summed E-state index contributed by atoms with van der Waals surface area (Å²) in [5, 5.41) is 0. The first-order valence-corrected chi connectivity index (χ1v) is 5.61. The summed E-state index contributed by atoms with van der Waals surface area (Å²) in [5.41, 5.74) is 5.48. The van der Waals surface area contributed by atoms with Crippen LogP contribution in [-0.4, -0.2) is 36.1 Å². The van der Waals surface area contributed by atoms with Gasteiger partial charge in [-0.1, -0.05) is 0 Å². The van der Waals surface area contributed by atoms with Crippen molar-refractivity contribution in [2.24, 2.45) is 5.92 Å². The molecule has 1 aliphatic rings. The lowest BCUT2D eigenvalue weighted by Gasteiger charge is -2.31. The fraction of sp³-hybridized carbons (Fsp3) is 0.545. The number of esters is 1. The number of ether oxygens (including phenoxy) is 1. The molecular formula is C11H16N4O2. The molecule has 2 N–H and O–H groups in total. The molecule has 92 valence electrons. The van der Waals surface area contributed by atoms with Crippen molar-refractivity contribution in [2.45, 2.75) is 12.8 Å². The van der Waals surface area contributed by atoms with Crippen molar-refractivity contribution >= 4 is 17.6 Å². The molecule has 2 rings (SSSR count).